The van der Waals surface area contributed by atoms with Crippen LogP contribution in [0.1, 0.15) is 6.92 Å². The smallest absolute Gasteiger partial charge is 0.332 e. The third-order valence-corrected chi connectivity index (χ3v) is 2.24. The van der Waals surface area contributed by atoms with Gasteiger partial charge in [-0.2, -0.15) is 0 Å². The lowest BCUT2D eigenvalue weighted by molar-refractivity contribution is -0.128. The van der Waals surface area contributed by atoms with E-state index in [0.717, 1.165) is 6.16 Å². The summed E-state index contributed by atoms with van der Waals surface area (Å²) in [4.78, 5) is 10.5. The zero-order valence-electron chi connectivity index (χ0n) is 5.76. The molecule has 0 saturated heterocycles. The second-order valence-corrected chi connectivity index (χ2v) is 3.63. The molecule has 0 aromatic rings. The monoisotopic (exact) mass is 146 g/mol. The maximum Gasteiger partial charge on any atom is 0.332 e. The Bertz CT molecular complexity index is 112. The van der Waals surface area contributed by atoms with Gasteiger partial charge in [-0.15, -0.1) is 0 Å². The van der Waals surface area contributed by atoms with Gasteiger partial charge in [0.15, 0.2) is 0 Å². The molecule has 9 heavy (non-hydrogen) atoms. The van der Waals surface area contributed by atoms with Gasteiger partial charge in [-0.25, -0.2) is 4.79 Å². The Morgan fingerprint density at radius 3 is 2.78 bits per heavy atom. The Hall–Kier alpha value is -0.360. The van der Waals surface area contributed by atoms with Gasteiger partial charge in [0.2, 0.25) is 0 Å². The fraction of sp³-hybridized carbons (Fsp3) is 0.500. The molecule has 2 nitrogen and oxygen atoms in total. The van der Waals surface area contributed by atoms with Crippen molar-refractivity contribution in [3.8, 4) is 0 Å². The summed E-state index contributed by atoms with van der Waals surface area (Å²) in [6.45, 7) is 7.19. The van der Waals surface area contributed by atoms with Crippen LogP contribution in [0, 0.1) is 0 Å². The summed E-state index contributed by atoms with van der Waals surface area (Å²) in [5.74, 6) is -0.314. The predicted molar refractivity (Wildman–Crippen MR) is 39.7 cm³/mol. The van der Waals surface area contributed by atoms with Crippen LogP contribution >= 0.6 is 8.15 Å². The lowest BCUT2D eigenvalue weighted by Gasteiger charge is -2.06. The number of carbonyl (C=O) groups excluding carboxylic acids is 1. The largest absolute Gasteiger partial charge is 0.442 e. The van der Waals surface area contributed by atoms with Crippen LogP contribution in [0.2, 0.25) is 0 Å². The molecule has 0 radical (unpaired) electrons. The number of carbonyl (C=O) groups is 1. The van der Waals surface area contributed by atoms with E-state index < -0.39 is 8.15 Å². The molecular weight excluding hydrogens is 135 g/mol. The Labute approximate surface area is 56.7 Å². The van der Waals surface area contributed by atoms with Crippen molar-refractivity contribution >= 4 is 14.1 Å². The fourth-order valence-electron chi connectivity index (χ4n) is 0.255. The molecule has 0 N–H and O–H groups in total. The molecule has 0 aliphatic heterocycles. The highest BCUT2D eigenvalue weighted by Gasteiger charge is 2.01. The van der Waals surface area contributed by atoms with Crippen LogP contribution in [0.3, 0.4) is 0 Å². The van der Waals surface area contributed by atoms with E-state index >= 15 is 0 Å². The summed E-state index contributed by atoms with van der Waals surface area (Å²) in [6, 6.07) is 0. The Morgan fingerprint density at radius 1 is 1.89 bits per heavy atom. The van der Waals surface area contributed by atoms with Gasteiger partial charge in [0.25, 0.3) is 0 Å². The van der Waals surface area contributed by atoms with E-state index in [2.05, 4.69) is 6.58 Å². The van der Waals surface area contributed by atoms with Crippen molar-refractivity contribution < 1.29 is 9.32 Å². The molecule has 0 spiro atoms. The van der Waals surface area contributed by atoms with Gasteiger partial charge in [-0.1, -0.05) is 13.5 Å². The molecule has 0 bridgehead atoms. The zero-order valence-corrected chi connectivity index (χ0v) is 6.65. The predicted octanol–water partition coefficient (Wildman–Crippen LogP) is 1.76. The number of rotatable bonds is 3. The molecule has 0 rings (SSSR count). The highest BCUT2D eigenvalue weighted by atomic mass is 31.1. The molecule has 0 heterocycles. The van der Waals surface area contributed by atoms with E-state index in [1.165, 1.54) is 6.08 Å². The summed E-state index contributed by atoms with van der Waals surface area (Å²) in [5, 5.41) is 0. The first-order valence-electron chi connectivity index (χ1n) is 2.76. The Balaban J connectivity index is 3.46. The number of hydrogen-bond acceptors (Lipinski definition) is 2. The molecule has 1 atom stereocenters. The van der Waals surface area contributed by atoms with Gasteiger partial charge in [0.1, 0.15) is 0 Å². The molecule has 0 aromatic heterocycles. The van der Waals surface area contributed by atoms with Crippen molar-refractivity contribution in [3.63, 3.8) is 0 Å². The molecule has 0 saturated carbocycles. The third kappa shape index (κ3) is 4.16. The zero-order chi connectivity index (χ0) is 7.28. The van der Waals surface area contributed by atoms with Crippen molar-refractivity contribution in [1.82, 2.24) is 0 Å². The summed E-state index contributed by atoms with van der Waals surface area (Å²) in [5.41, 5.74) is 0. The van der Waals surface area contributed by atoms with E-state index in [1.54, 1.807) is 0 Å². The first kappa shape index (κ1) is 8.64. The summed E-state index contributed by atoms with van der Waals surface area (Å²) in [7, 11) is -0.544. The average Bonchev–Trinajstić information content (AvgIpc) is 1.87. The van der Waals surface area contributed by atoms with Gasteiger partial charge < -0.3 is 4.52 Å². The van der Waals surface area contributed by atoms with Crippen molar-refractivity contribution in [3.05, 3.63) is 12.7 Å². The fourth-order valence-corrected chi connectivity index (χ4v) is 0.766. The van der Waals surface area contributed by atoms with E-state index in [4.69, 9.17) is 4.52 Å². The maximum atomic E-state index is 10.5. The van der Waals surface area contributed by atoms with Crippen LogP contribution in [-0.4, -0.2) is 18.8 Å². The van der Waals surface area contributed by atoms with Gasteiger partial charge in [-0.05, 0) is 6.66 Å². The van der Waals surface area contributed by atoms with Crippen LogP contribution in [0.4, 0.5) is 0 Å². The van der Waals surface area contributed by atoms with Crippen LogP contribution in [-0.2, 0) is 9.32 Å². The molecule has 0 aliphatic carbocycles. The third-order valence-electron chi connectivity index (χ3n) is 0.858. The van der Waals surface area contributed by atoms with Crippen molar-refractivity contribution in [1.29, 1.82) is 0 Å². The topological polar surface area (TPSA) is 26.3 Å². The molecule has 52 valence electrons. The van der Waals surface area contributed by atoms with Crippen LogP contribution in [0.25, 0.3) is 0 Å². The SMILES string of the molecule is C=CC(=O)OP(C)CC. The Kier molecular flexibility index (Phi) is 4.33. The van der Waals surface area contributed by atoms with Crippen molar-refractivity contribution in [2.45, 2.75) is 6.92 Å². The van der Waals surface area contributed by atoms with Crippen LogP contribution < -0.4 is 0 Å². The quantitative estimate of drug-likeness (QED) is 0.448. The molecular formula is C6H11O2P. The molecule has 3 heteroatoms. The van der Waals surface area contributed by atoms with Crippen LogP contribution in [0.15, 0.2) is 12.7 Å². The van der Waals surface area contributed by atoms with E-state index in [-0.39, 0.29) is 5.97 Å². The molecule has 0 aromatic carbocycles. The molecule has 0 fully saturated rings. The van der Waals surface area contributed by atoms with Gasteiger partial charge in [-0.3, -0.25) is 0 Å². The summed E-state index contributed by atoms with van der Waals surface area (Å²) < 4.78 is 4.86. The highest BCUT2D eigenvalue weighted by Crippen LogP contribution is 2.30. The lowest BCUT2D eigenvalue weighted by atomic mass is 10.7. The van der Waals surface area contributed by atoms with Gasteiger partial charge >= 0.3 is 5.97 Å². The Morgan fingerprint density at radius 2 is 2.44 bits per heavy atom. The average molecular weight is 146 g/mol. The van der Waals surface area contributed by atoms with Gasteiger partial charge in [0.05, 0.1) is 8.15 Å². The number of hydrogen-bond donors (Lipinski definition) is 0. The van der Waals surface area contributed by atoms with E-state index in [1.807, 2.05) is 13.6 Å². The summed E-state index contributed by atoms with van der Waals surface area (Å²) >= 11 is 0. The summed E-state index contributed by atoms with van der Waals surface area (Å²) in [6.07, 6.45) is 2.10. The van der Waals surface area contributed by atoms with E-state index in [0.29, 0.717) is 0 Å². The second-order valence-electron chi connectivity index (χ2n) is 1.56. The second kappa shape index (κ2) is 4.51. The molecule has 1 unspecified atom stereocenters. The minimum atomic E-state index is -0.544. The van der Waals surface area contributed by atoms with Crippen molar-refractivity contribution in [2.75, 3.05) is 12.8 Å². The van der Waals surface area contributed by atoms with E-state index in [9.17, 15) is 4.79 Å². The minimum Gasteiger partial charge on any atom is -0.442 e. The normalized spacial score (nSPS) is 12.2. The van der Waals surface area contributed by atoms with Crippen molar-refractivity contribution in [2.24, 2.45) is 0 Å². The highest BCUT2D eigenvalue weighted by molar-refractivity contribution is 7.52. The lowest BCUT2D eigenvalue weighted by Crippen LogP contribution is -1.94. The first-order valence-corrected chi connectivity index (χ1v) is 4.65. The maximum absolute atomic E-state index is 10.5. The standard InChI is InChI=1S/C6H11O2P/c1-4-6(7)8-9(3)5-2/h4H,1,5H2,2-3H3. The molecule has 0 amide bonds. The van der Waals surface area contributed by atoms with Crippen LogP contribution in [0.5, 0.6) is 0 Å². The minimum absolute atomic E-state index is 0.314. The van der Waals surface area contributed by atoms with Gasteiger partial charge in [0, 0.05) is 12.2 Å². The first-order chi connectivity index (χ1) is 4.20. The molecule has 0 aliphatic rings.